The highest BCUT2D eigenvalue weighted by atomic mass is 16.5. The predicted molar refractivity (Wildman–Crippen MR) is 86.1 cm³/mol. The molecule has 5 heteroatoms. The lowest BCUT2D eigenvalue weighted by Gasteiger charge is -2.46. The van der Waals surface area contributed by atoms with Crippen LogP contribution in [0, 0.1) is 0 Å². The summed E-state index contributed by atoms with van der Waals surface area (Å²) in [6, 6.07) is 4.29. The van der Waals surface area contributed by atoms with Crippen LogP contribution in [-0.4, -0.2) is 51.9 Å². The lowest BCUT2D eigenvalue weighted by molar-refractivity contribution is -0.0197. The summed E-state index contributed by atoms with van der Waals surface area (Å²) in [4.78, 5) is 2.37. The molecule has 2 aliphatic heterocycles. The van der Waals surface area contributed by atoms with Crippen LogP contribution < -0.4 is 19.5 Å². The van der Waals surface area contributed by atoms with Gasteiger partial charge in [0.1, 0.15) is 11.4 Å². The monoisotopic (exact) mass is 306 g/mol. The zero-order chi connectivity index (χ0) is 15.7. The number of rotatable bonds is 3. The van der Waals surface area contributed by atoms with Gasteiger partial charge in [-0.05, 0) is 33.0 Å². The highest BCUT2D eigenvalue weighted by Crippen LogP contribution is 2.47. The van der Waals surface area contributed by atoms with Crippen LogP contribution in [0.5, 0.6) is 17.2 Å². The molecule has 1 unspecified atom stereocenters. The van der Waals surface area contributed by atoms with E-state index in [9.17, 15) is 0 Å². The minimum absolute atomic E-state index is 0.0627. The molecule has 0 saturated carbocycles. The Kier molecular flexibility index (Phi) is 4.19. The summed E-state index contributed by atoms with van der Waals surface area (Å²) in [6.07, 6.45) is 3.13. The van der Waals surface area contributed by atoms with Crippen molar-refractivity contribution in [2.75, 3.05) is 41.4 Å². The van der Waals surface area contributed by atoms with Crippen LogP contribution in [0.1, 0.15) is 30.9 Å². The van der Waals surface area contributed by atoms with Gasteiger partial charge in [-0.3, -0.25) is 0 Å². The van der Waals surface area contributed by atoms with E-state index in [4.69, 9.17) is 14.2 Å². The van der Waals surface area contributed by atoms with E-state index in [-0.39, 0.29) is 11.6 Å². The number of ether oxygens (including phenoxy) is 3. The number of likely N-dealkylation sites (tertiary alicyclic amines) is 1. The van der Waals surface area contributed by atoms with E-state index < -0.39 is 0 Å². The fourth-order valence-corrected chi connectivity index (χ4v) is 3.58. The van der Waals surface area contributed by atoms with E-state index in [0.29, 0.717) is 0 Å². The van der Waals surface area contributed by atoms with Crippen LogP contribution >= 0.6 is 0 Å². The molecule has 0 aromatic heterocycles. The fraction of sp³-hybridized carbons (Fsp3) is 0.647. The average Bonchev–Trinajstić information content (AvgIpc) is 2.55. The molecule has 1 fully saturated rings. The van der Waals surface area contributed by atoms with Crippen molar-refractivity contribution in [3.63, 3.8) is 0 Å². The van der Waals surface area contributed by atoms with E-state index in [1.54, 1.807) is 14.2 Å². The topological polar surface area (TPSA) is 43.0 Å². The first-order valence-corrected chi connectivity index (χ1v) is 7.91. The third kappa shape index (κ3) is 2.63. The fourth-order valence-electron chi connectivity index (χ4n) is 3.58. The number of fused-ring (bicyclic) bond motifs is 1. The Bertz CT molecular complexity index is 539. The van der Waals surface area contributed by atoms with Crippen LogP contribution in [0.15, 0.2) is 12.1 Å². The van der Waals surface area contributed by atoms with Gasteiger partial charge in [0.05, 0.1) is 14.2 Å². The molecule has 1 aromatic rings. The zero-order valence-electron chi connectivity index (χ0n) is 13.9. The SMILES string of the molecule is CNC1CC2(CCN(C)CC2)Oc2cc(OC)c(OC)cc21. The van der Waals surface area contributed by atoms with Crippen LogP contribution in [-0.2, 0) is 0 Å². The quantitative estimate of drug-likeness (QED) is 0.927. The molecule has 22 heavy (non-hydrogen) atoms. The number of hydrogen-bond acceptors (Lipinski definition) is 5. The second-order valence-electron chi connectivity index (χ2n) is 6.38. The zero-order valence-corrected chi connectivity index (χ0v) is 13.9. The molecule has 2 aliphatic rings. The van der Waals surface area contributed by atoms with Gasteiger partial charge in [0.25, 0.3) is 0 Å². The summed E-state index contributed by atoms with van der Waals surface area (Å²) >= 11 is 0. The van der Waals surface area contributed by atoms with Crippen molar-refractivity contribution in [1.82, 2.24) is 10.2 Å². The van der Waals surface area contributed by atoms with E-state index in [1.807, 2.05) is 19.2 Å². The van der Waals surface area contributed by atoms with Gasteiger partial charge in [0, 0.05) is 37.2 Å². The van der Waals surface area contributed by atoms with Crippen molar-refractivity contribution in [3.8, 4) is 17.2 Å². The normalized spacial score (nSPS) is 23.7. The molecule has 0 radical (unpaired) electrons. The lowest BCUT2D eigenvalue weighted by atomic mass is 9.80. The Hall–Kier alpha value is -1.46. The first kappa shape index (κ1) is 15.4. The van der Waals surface area contributed by atoms with Crippen LogP contribution in [0.25, 0.3) is 0 Å². The Balaban J connectivity index is 1.97. The van der Waals surface area contributed by atoms with Crippen molar-refractivity contribution in [2.45, 2.75) is 30.9 Å². The first-order chi connectivity index (χ1) is 10.6. The predicted octanol–water partition coefficient (Wildman–Crippen LogP) is 2.21. The van der Waals surface area contributed by atoms with Gasteiger partial charge in [-0.15, -0.1) is 0 Å². The van der Waals surface area contributed by atoms with Gasteiger partial charge < -0.3 is 24.4 Å². The Labute approximate surface area is 132 Å². The molecule has 2 heterocycles. The Morgan fingerprint density at radius 2 is 1.82 bits per heavy atom. The van der Waals surface area contributed by atoms with E-state index in [2.05, 4.69) is 17.3 Å². The van der Waals surface area contributed by atoms with E-state index in [0.717, 1.165) is 55.2 Å². The third-order valence-corrected chi connectivity index (χ3v) is 5.04. The van der Waals surface area contributed by atoms with Gasteiger partial charge in [-0.2, -0.15) is 0 Å². The minimum Gasteiger partial charge on any atom is -0.493 e. The largest absolute Gasteiger partial charge is 0.493 e. The summed E-state index contributed by atoms with van der Waals surface area (Å²) in [6.45, 7) is 2.16. The van der Waals surface area contributed by atoms with Crippen molar-refractivity contribution >= 4 is 0 Å². The summed E-state index contributed by atoms with van der Waals surface area (Å²) in [5.74, 6) is 2.40. The molecule has 1 saturated heterocycles. The number of hydrogen-bond donors (Lipinski definition) is 1. The Morgan fingerprint density at radius 3 is 2.41 bits per heavy atom. The molecule has 1 N–H and O–H groups in total. The summed E-state index contributed by atoms with van der Waals surface area (Å²) in [5.41, 5.74) is 1.09. The molecule has 3 rings (SSSR count). The molecule has 1 aromatic carbocycles. The molecule has 0 amide bonds. The van der Waals surface area contributed by atoms with Crippen molar-refractivity contribution in [2.24, 2.45) is 0 Å². The molecule has 0 aliphatic carbocycles. The highest BCUT2D eigenvalue weighted by Gasteiger charge is 2.42. The number of benzene rings is 1. The maximum atomic E-state index is 6.48. The highest BCUT2D eigenvalue weighted by molar-refractivity contribution is 5.53. The van der Waals surface area contributed by atoms with E-state index >= 15 is 0 Å². The second kappa shape index (κ2) is 5.97. The van der Waals surface area contributed by atoms with Gasteiger partial charge in [-0.25, -0.2) is 0 Å². The third-order valence-electron chi connectivity index (χ3n) is 5.04. The van der Waals surface area contributed by atoms with Crippen molar-refractivity contribution in [1.29, 1.82) is 0 Å². The van der Waals surface area contributed by atoms with Gasteiger partial charge >= 0.3 is 0 Å². The maximum Gasteiger partial charge on any atom is 0.164 e. The molecule has 0 bridgehead atoms. The molecular weight excluding hydrogens is 280 g/mol. The number of methoxy groups -OCH3 is 2. The van der Waals surface area contributed by atoms with Crippen molar-refractivity contribution in [3.05, 3.63) is 17.7 Å². The minimum atomic E-state index is -0.0627. The van der Waals surface area contributed by atoms with Gasteiger partial charge in [0.2, 0.25) is 0 Å². The number of nitrogens with zero attached hydrogens (tertiary/aromatic N) is 1. The number of piperidine rings is 1. The first-order valence-electron chi connectivity index (χ1n) is 7.91. The van der Waals surface area contributed by atoms with Crippen LogP contribution in [0.4, 0.5) is 0 Å². The molecule has 1 spiro atoms. The van der Waals surface area contributed by atoms with Crippen LogP contribution in [0.2, 0.25) is 0 Å². The van der Waals surface area contributed by atoms with Gasteiger partial charge in [0.15, 0.2) is 11.5 Å². The number of nitrogens with one attached hydrogen (secondary N) is 1. The summed E-state index contributed by atoms with van der Waals surface area (Å²) in [7, 11) is 7.51. The van der Waals surface area contributed by atoms with Gasteiger partial charge in [-0.1, -0.05) is 0 Å². The maximum absolute atomic E-state index is 6.48. The summed E-state index contributed by atoms with van der Waals surface area (Å²) < 4.78 is 17.3. The molecular formula is C17H26N2O3. The second-order valence-corrected chi connectivity index (χ2v) is 6.38. The average molecular weight is 306 g/mol. The van der Waals surface area contributed by atoms with E-state index in [1.165, 1.54) is 0 Å². The summed E-state index contributed by atoms with van der Waals surface area (Å²) in [5, 5.41) is 3.44. The van der Waals surface area contributed by atoms with Crippen molar-refractivity contribution < 1.29 is 14.2 Å². The molecule has 5 nitrogen and oxygen atoms in total. The molecule has 122 valence electrons. The van der Waals surface area contributed by atoms with Crippen LogP contribution in [0.3, 0.4) is 0 Å². The standard InChI is InChI=1S/C17H26N2O3/c1-18-13-11-17(5-7-19(2)8-6-17)22-14-10-16(21-4)15(20-3)9-12(13)14/h9-10,13,18H,5-8,11H2,1-4H3. The lowest BCUT2D eigenvalue weighted by Crippen LogP contribution is -2.50. The molecule has 1 atom stereocenters. The smallest absolute Gasteiger partial charge is 0.164 e. The Morgan fingerprint density at radius 1 is 1.18 bits per heavy atom.